The summed E-state index contributed by atoms with van der Waals surface area (Å²) < 4.78 is 39.6. The molecule has 4 N–H and O–H groups in total. The van der Waals surface area contributed by atoms with Crippen molar-refractivity contribution in [1.82, 2.24) is 25.2 Å². The van der Waals surface area contributed by atoms with Crippen molar-refractivity contribution in [3.05, 3.63) is 41.6 Å². The molecule has 2 saturated carbocycles. The predicted molar refractivity (Wildman–Crippen MR) is 188 cm³/mol. The number of ether oxygens (including phenoxy) is 2. The van der Waals surface area contributed by atoms with Crippen molar-refractivity contribution in [2.24, 2.45) is 17.8 Å². The SMILES string of the molecule is CC[C@@H]1C[C@H](C)CC/C=C\[C@@H]2C[C@@]2(C(=O)NS(=O)(=O)C2CC2)NC(=O)[C@@H]2C[C@@H](Oc3ncc(OC)c4ccc(Cl)cc34)CN2C(=O)[C@H]1NC(=O)O. The van der Waals surface area contributed by atoms with Crippen molar-refractivity contribution in [1.29, 1.82) is 0 Å². The Labute approximate surface area is 301 Å². The van der Waals surface area contributed by atoms with Crippen molar-refractivity contribution in [3.63, 3.8) is 0 Å². The third-order valence-electron chi connectivity index (χ3n) is 10.5. The first kappa shape index (κ1) is 36.7. The highest BCUT2D eigenvalue weighted by molar-refractivity contribution is 7.91. The zero-order valence-corrected chi connectivity index (χ0v) is 30.3. The summed E-state index contributed by atoms with van der Waals surface area (Å²) in [5.74, 6) is -2.10. The first-order chi connectivity index (χ1) is 24.3. The van der Waals surface area contributed by atoms with Gasteiger partial charge in [0, 0.05) is 28.1 Å². The molecule has 2 aliphatic carbocycles. The first-order valence-corrected chi connectivity index (χ1v) is 19.3. The Morgan fingerprint density at radius 1 is 1.18 bits per heavy atom. The molecule has 7 atom stereocenters. The Kier molecular flexibility index (Phi) is 10.4. The molecule has 16 heteroatoms. The normalized spacial score (nSPS) is 30.5. The first-order valence-electron chi connectivity index (χ1n) is 17.4. The van der Waals surface area contributed by atoms with Gasteiger partial charge in [-0.1, -0.05) is 44.0 Å². The number of nitrogens with one attached hydrogen (secondary N) is 3. The minimum Gasteiger partial charge on any atom is -0.494 e. The zero-order valence-electron chi connectivity index (χ0n) is 28.8. The van der Waals surface area contributed by atoms with Gasteiger partial charge in [-0.05, 0) is 68.6 Å². The molecule has 14 nitrogen and oxygen atoms in total. The van der Waals surface area contributed by atoms with Crippen LogP contribution in [0.4, 0.5) is 4.79 Å². The molecule has 1 aromatic heterocycles. The average molecular weight is 746 g/mol. The van der Waals surface area contributed by atoms with Crippen LogP contribution in [0.25, 0.3) is 10.8 Å². The summed E-state index contributed by atoms with van der Waals surface area (Å²) in [5, 5.41) is 16.1. The van der Waals surface area contributed by atoms with E-state index in [1.807, 2.05) is 26.0 Å². The molecule has 3 heterocycles. The smallest absolute Gasteiger partial charge is 0.405 e. The summed E-state index contributed by atoms with van der Waals surface area (Å²) in [6.45, 7) is 3.85. The highest BCUT2D eigenvalue weighted by Crippen LogP contribution is 2.46. The molecular weight excluding hydrogens is 702 g/mol. The number of benzene rings is 1. The van der Waals surface area contributed by atoms with Crippen molar-refractivity contribution in [2.75, 3.05) is 13.7 Å². The highest BCUT2D eigenvalue weighted by Gasteiger charge is 2.62. The van der Waals surface area contributed by atoms with Crippen molar-refractivity contribution in [3.8, 4) is 11.6 Å². The van der Waals surface area contributed by atoms with Gasteiger partial charge >= 0.3 is 6.09 Å². The van der Waals surface area contributed by atoms with Gasteiger partial charge in [0.25, 0.3) is 5.91 Å². The quantitative estimate of drug-likeness (QED) is 0.289. The van der Waals surface area contributed by atoms with E-state index in [0.29, 0.717) is 53.6 Å². The van der Waals surface area contributed by atoms with Gasteiger partial charge in [-0.2, -0.15) is 0 Å². The van der Waals surface area contributed by atoms with Crippen LogP contribution < -0.4 is 24.8 Å². The van der Waals surface area contributed by atoms with Crippen molar-refractivity contribution >= 4 is 56.2 Å². The molecule has 1 aromatic carbocycles. The minimum absolute atomic E-state index is 0.0150. The van der Waals surface area contributed by atoms with Gasteiger partial charge in [-0.25, -0.2) is 18.2 Å². The van der Waals surface area contributed by atoms with Gasteiger partial charge in [-0.15, -0.1) is 0 Å². The van der Waals surface area contributed by atoms with Gasteiger partial charge in [0.1, 0.15) is 29.5 Å². The average Bonchev–Trinajstić information content (AvgIpc) is 4.01. The number of amides is 4. The number of rotatable bonds is 8. The second kappa shape index (κ2) is 14.5. The molecule has 0 radical (unpaired) electrons. The standard InChI is InChI=1S/C35H44ClN5O9S/c1-4-20-13-19(2)7-5-6-8-21-16-35(21,33(44)40-51(47,48)24-10-11-24)39-30(42)27-15-23(18-41(27)32(43)29(20)38-34(45)46)50-31-26-14-22(36)9-12-25(26)28(49-3)17-37-31/h6,8-9,12,14,17,19-21,23-24,27,29,38H,4-5,7,10-11,13,15-16,18H2,1-3H3,(H,39,42)(H,40,44)(H,45,46)/b8-6-/t19-,20-,21-,23-,27+,29+,35-/m1/s1. The van der Waals surface area contributed by atoms with Crippen LogP contribution in [-0.4, -0.2) is 89.9 Å². The molecule has 0 bridgehead atoms. The lowest BCUT2D eigenvalue weighted by molar-refractivity contribution is -0.142. The molecule has 6 rings (SSSR count). The van der Waals surface area contributed by atoms with Gasteiger partial charge in [-0.3, -0.25) is 19.1 Å². The number of methoxy groups -OCH3 is 1. The van der Waals surface area contributed by atoms with Crippen LogP contribution in [0.3, 0.4) is 0 Å². The number of fused-ring (bicyclic) bond motifs is 3. The number of hydrogen-bond donors (Lipinski definition) is 4. The molecule has 4 amide bonds. The predicted octanol–water partition coefficient (Wildman–Crippen LogP) is 3.77. The highest BCUT2D eigenvalue weighted by atomic mass is 35.5. The van der Waals surface area contributed by atoms with Crippen LogP contribution in [0.15, 0.2) is 36.5 Å². The molecule has 3 fully saturated rings. The lowest BCUT2D eigenvalue weighted by Gasteiger charge is -2.33. The fourth-order valence-corrected chi connectivity index (χ4v) is 8.96. The Balaban J connectivity index is 1.36. The lowest BCUT2D eigenvalue weighted by atomic mass is 9.85. The summed E-state index contributed by atoms with van der Waals surface area (Å²) >= 11 is 6.32. The zero-order chi connectivity index (χ0) is 36.7. The van der Waals surface area contributed by atoms with Crippen molar-refractivity contribution < 1.29 is 42.2 Å². The van der Waals surface area contributed by atoms with E-state index in [0.717, 1.165) is 6.42 Å². The summed E-state index contributed by atoms with van der Waals surface area (Å²) in [5.41, 5.74) is -1.54. The number of carbonyl (C=O) groups is 4. The Morgan fingerprint density at radius 3 is 2.63 bits per heavy atom. The number of pyridine rings is 1. The van der Waals surface area contributed by atoms with Crippen LogP contribution in [0.2, 0.25) is 5.02 Å². The summed E-state index contributed by atoms with van der Waals surface area (Å²) in [7, 11) is -2.40. The van der Waals surface area contributed by atoms with Gasteiger partial charge in [0.05, 0.1) is 25.1 Å². The molecule has 2 aliphatic heterocycles. The monoisotopic (exact) mass is 745 g/mol. The molecule has 0 spiro atoms. The third-order valence-corrected chi connectivity index (χ3v) is 12.6. The number of aromatic nitrogens is 1. The number of carboxylic acid groups (broad SMARTS) is 1. The Morgan fingerprint density at radius 2 is 1.94 bits per heavy atom. The molecule has 0 unspecified atom stereocenters. The topological polar surface area (TPSA) is 193 Å². The second-order valence-electron chi connectivity index (χ2n) is 14.2. The number of allylic oxidation sites excluding steroid dienone is 1. The van der Waals surface area contributed by atoms with E-state index < -0.39 is 68.7 Å². The van der Waals surface area contributed by atoms with Crippen LogP contribution in [0, 0.1) is 17.8 Å². The number of carbonyl (C=O) groups excluding carboxylic acids is 3. The fraction of sp³-hybridized carbons (Fsp3) is 0.571. The van der Waals surface area contributed by atoms with E-state index in [1.54, 1.807) is 18.2 Å². The minimum atomic E-state index is -3.91. The Hall–Kier alpha value is -4.11. The molecule has 2 aromatic rings. The van der Waals surface area contributed by atoms with E-state index in [9.17, 15) is 32.7 Å². The maximum Gasteiger partial charge on any atom is 0.405 e. The summed E-state index contributed by atoms with van der Waals surface area (Å²) in [6, 6.07) is 2.81. The van der Waals surface area contributed by atoms with Crippen molar-refractivity contribution in [2.45, 2.75) is 94.2 Å². The lowest BCUT2D eigenvalue weighted by Crippen LogP contribution is -2.59. The van der Waals surface area contributed by atoms with E-state index in [4.69, 9.17) is 21.1 Å². The summed E-state index contributed by atoms with van der Waals surface area (Å²) in [6.07, 6.45) is 6.67. The third kappa shape index (κ3) is 7.74. The number of sulfonamides is 1. The maximum atomic E-state index is 14.5. The van der Waals surface area contributed by atoms with Crippen LogP contribution >= 0.6 is 11.6 Å². The van der Waals surface area contributed by atoms with E-state index >= 15 is 0 Å². The molecular formula is C35H44ClN5O9S. The van der Waals surface area contributed by atoms with Gasteiger partial charge in [0.15, 0.2) is 0 Å². The number of nitrogens with zero attached hydrogens (tertiary/aromatic N) is 2. The Bertz CT molecular complexity index is 1850. The maximum absolute atomic E-state index is 14.5. The second-order valence-corrected chi connectivity index (χ2v) is 16.6. The van der Waals surface area contributed by atoms with Gasteiger partial charge < -0.3 is 30.1 Å². The van der Waals surface area contributed by atoms with Crippen LogP contribution in [0.5, 0.6) is 11.6 Å². The molecule has 51 heavy (non-hydrogen) atoms. The van der Waals surface area contributed by atoms with Gasteiger partial charge in [0.2, 0.25) is 27.7 Å². The van der Waals surface area contributed by atoms with E-state index in [-0.39, 0.29) is 37.1 Å². The fourth-order valence-electron chi connectivity index (χ4n) is 7.43. The van der Waals surface area contributed by atoms with E-state index in [1.165, 1.54) is 18.2 Å². The molecule has 276 valence electrons. The number of hydrogen-bond acceptors (Lipinski definition) is 9. The molecule has 1 saturated heterocycles. The largest absolute Gasteiger partial charge is 0.494 e. The molecule has 4 aliphatic rings. The van der Waals surface area contributed by atoms with Crippen LogP contribution in [0.1, 0.15) is 65.2 Å². The van der Waals surface area contributed by atoms with Crippen LogP contribution in [-0.2, 0) is 24.4 Å². The number of halogens is 1. The van der Waals surface area contributed by atoms with E-state index in [2.05, 4.69) is 20.3 Å². The summed E-state index contributed by atoms with van der Waals surface area (Å²) in [4.78, 5) is 60.3.